The van der Waals surface area contributed by atoms with Gasteiger partial charge in [0, 0.05) is 6.04 Å². The molecule has 0 atom stereocenters. The first kappa shape index (κ1) is 10.6. The monoisotopic (exact) mass is 234 g/mol. The number of halogens is 1. The minimum absolute atomic E-state index is 0.00398. The summed E-state index contributed by atoms with van der Waals surface area (Å²) in [4.78, 5) is 14.2. The predicted molar refractivity (Wildman–Crippen MR) is 64.6 cm³/mol. The number of carbonyl (C=O) groups excluding carboxylic acids is 1. The van der Waals surface area contributed by atoms with Gasteiger partial charge in [-0.1, -0.05) is 0 Å². The van der Waals surface area contributed by atoms with Crippen LogP contribution >= 0.6 is 0 Å². The van der Waals surface area contributed by atoms with Gasteiger partial charge in [-0.2, -0.15) is 0 Å². The van der Waals surface area contributed by atoms with Gasteiger partial charge in [0.1, 0.15) is 11.4 Å². The summed E-state index contributed by atoms with van der Waals surface area (Å²) in [6, 6.07) is 4.82. The zero-order chi connectivity index (χ0) is 12.2. The highest BCUT2D eigenvalue weighted by Crippen LogP contribution is 2.51. The fraction of sp³-hybridized carbons (Fsp3) is 0.462. The van der Waals surface area contributed by atoms with Crippen molar-refractivity contribution in [1.29, 1.82) is 0 Å². The number of hydrogen-bond acceptors (Lipinski definition) is 2. The molecule has 0 bridgehead atoms. The highest BCUT2D eigenvalue weighted by Gasteiger charge is 2.58. The van der Waals surface area contributed by atoms with Crippen LogP contribution in [0.5, 0.6) is 0 Å². The van der Waals surface area contributed by atoms with E-state index in [0.29, 0.717) is 5.69 Å². The lowest BCUT2D eigenvalue weighted by Gasteiger charge is -2.41. The van der Waals surface area contributed by atoms with Gasteiger partial charge in [0.2, 0.25) is 5.91 Å². The van der Waals surface area contributed by atoms with Gasteiger partial charge in [-0.15, -0.1) is 0 Å². The van der Waals surface area contributed by atoms with Crippen molar-refractivity contribution >= 4 is 17.3 Å². The lowest BCUT2D eigenvalue weighted by molar-refractivity contribution is -0.118. The van der Waals surface area contributed by atoms with Crippen LogP contribution in [-0.2, 0) is 4.79 Å². The Bertz CT molecular complexity index is 494. The minimum Gasteiger partial charge on any atom is -0.353 e. The molecular weight excluding hydrogens is 219 g/mol. The molecule has 1 aromatic carbocycles. The number of carbonyl (C=O) groups is 1. The molecule has 2 aliphatic rings. The summed E-state index contributed by atoms with van der Waals surface area (Å²) in [6.07, 6.45) is 1.77. The molecule has 1 aromatic rings. The molecule has 1 spiro atoms. The Hall–Kier alpha value is -1.58. The summed E-state index contributed by atoms with van der Waals surface area (Å²) < 4.78 is 13.2. The van der Waals surface area contributed by atoms with Gasteiger partial charge >= 0.3 is 0 Å². The fourth-order valence-electron chi connectivity index (χ4n) is 2.76. The number of nitrogens with zero attached hydrogens (tertiary/aromatic N) is 1. The number of amides is 1. The molecule has 1 saturated carbocycles. The van der Waals surface area contributed by atoms with Crippen LogP contribution in [0.3, 0.4) is 0 Å². The van der Waals surface area contributed by atoms with Crippen molar-refractivity contribution in [3.63, 3.8) is 0 Å². The molecule has 1 heterocycles. The van der Waals surface area contributed by atoms with Crippen LogP contribution in [0.2, 0.25) is 0 Å². The molecule has 0 aromatic heterocycles. The zero-order valence-electron chi connectivity index (χ0n) is 9.96. The van der Waals surface area contributed by atoms with E-state index in [1.165, 1.54) is 12.1 Å². The molecule has 3 nitrogen and oxygen atoms in total. The first-order valence-corrected chi connectivity index (χ1v) is 5.95. The number of anilines is 2. The highest BCUT2D eigenvalue weighted by atomic mass is 19.1. The summed E-state index contributed by atoms with van der Waals surface area (Å²) in [6.45, 7) is 4.12. The predicted octanol–water partition coefficient (Wildman–Crippen LogP) is 2.53. The van der Waals surface area contributed by atoms with Crippen LogP contribution in [0, 0.1) is 5.82 Å². The van der Waals surface area contributed by atoms with Gasteiger partial charge in [-0.3, -0.25) is 4.79 Å². The molecule has 1 fully saturated rings. The molecule has 1 amide bonds. The average Bonchev–Trinajstić information content (AvgIpc) is 3.01. The number of hydrogen-bond donors (Lipinski definition) is 1. The van der Waals surface area contributed by atoms with E-state index in [1.807, 2.05) is 0 Å². The molecule has 0 saturated heterocycles. The van der Waals surface area contributed by atoms with Crippen molar-refractivity contribution in [2.45, 2.75) is 38.3 Å². The third kappa shape index (κ3) is 1.36. The number of rotatable bonds is 1. The van der Waals surface area contributed by atoms with Crippen molar-refractivity contribution in [1.82, 2.24) is 0 Å². The fourth-order valence-corrected chi connectivity index (χ4v) is 2.76. The van der Waals surface area contributed by atoms with Crippen molar-refractivity contribution < 1.29 is 9.18 Å². The number of fused-ring (bicyclic) bond motifs is 1. The van der Waals surface area contributed by atoms with Crippen LogP contribution in [0.15, 0.2) is 18.2 Å². The Kier molecular flexibility index (Phi) is 2.00. The summed E-state index contributed by atoms with van der Waals surface area (Å²) in [5.41, 5.74) is 1.14. The summed E-state index contributed by atoms with van der Waals surface area (Å²) >= 11 is 0. The van der Waals surface area contributed by atoms with Gasteiger partial charge in [0.05, 0.1) is 11.4 Å². The van der Waals surface area contributed by atoms with Gasteiger partial charge in [-0.05, 0) is 44.9 Å². The minimum atomic E-state index is -0.376. The third-order valence-electron chi connectivity index (χ3n) is 3.59. The summed E-state index contributed by atoms with van der Waals surface area (Å²) in [5, 5.41) is 2.82. The van der Waals surface area contributed by atoms with Crippen LogP contribution in [0.4, 0.5) is 15.8 Å². The van der Waals surface area contributed by atoms with E-state index in [9.17, 15) is 9.18 Å². The van der Waals surface area contributed by atoms with Gasteiger partial charge < -0.3 is 10.2 Å². The lowest BCUT2D eigenvalue weighted by Crippen LogP contribution is -2.53. The summed E-state index contributed by atoms with van der Waals surface area (Å²) in [7, 11) is 0. The van der Waals surface area contributed by atoms with Gasteiger partial charge in [0.15, 0.2) is 0 Å². The second-order valence-corrected chi connectivity index (χ2v) is 5.11. The molecule has 1 aliphatic heterocycles. The SMILES string of the molecule is CC(C)N1c2ccc(F)cc2NC(=O)C12CC2. The maximum Gasteiger partial charge on any atom is 0.250 e. The Morgan fingerprint density at radius 2 is 2.12 bits per heavy atom. The van der Waals surface area contributed by atoms with Crippen molar-refractivity contribution in [2.75, 3.05) is 10.2 Å². The molecule has 4 heteroatoms. The zero-order valence-corrected chi connectivity index (χ0v) is 9.96. The first-order valence-electron chi connectivity index (χ1n) is 5.95. The maximum atomic E-state index is 13.2. The van der Waals surface area contributed by atoms with Crippen molar-refractivity contribution in [3.8, 4) is 0 Å². The van der Waals surface area contributed by atoms with E-state index < -0.39 is 0 Å². The average molecular weight is 234 g/mol. The van der Waals surface area contributed by atoms with Crippen molar-refractivity contribution in [3.05, 3.63) is 24.0 Å². The van der Waals surface area contributed by atoms with Crippen molar-refractivity contribution in [2.24, 2.45) is 0 Å². The Labute approximate surface area is 99.6 Å². The second kappa shape index (κ2) is 3.22. The molecule has 3 rings (SSSR count). The van der Waals surface area contributed by atoms with Gasteiger partial charge in [0.25, 0.3) is 0 Å². The first-order chi connectivity index (χ1) is 8.04. The van der Waals surface area contributed by atoms with E-state index in [0.717, 1.165) is 18.5 Å². The molecule has 1 N–H and O–H groups in total. The van der Waals surface area contributed by atoms with Crippen LogP contribution < -0.4 is 10.2 Å². The third-order valence-corrected chi connectivity index (χ3v) is 3.59. The maximum absolute atomic E-state index is 13.2. The number of benzene rings is 1. The van der Waals surface area contributed by atoms with E-state index in [-0.39, 0.29) is 23.3 Å². The van der Waals surface area contributed by atoms with Crippen LogP contribution in [0.25, 0.3) is 0 Å². The molecule has 90 valence electrons. The Morgan fingerprint density at radius 3 is 2.71 bits per heavy atom. The topological polar surface area (TPSA) is 32.3 Å². The van der Waals surface area contributed by atoms with E-state index in [4.69, 9.17) is 0 Å². The molecule has 1 aliphatic carbocycles. The molecule has 0 unspecified atom stereocenters. The Morgan fingerprint density at radius 1 is 1.41 bits per heavy atom. The van der Waals surface area contributed by atoms with Crippen LogP contribution in [-0.4, -0.2) is 17.5 Å². The van der Waals surface area contributed by atoms with E-state index in [1.54, 1.807) is 6.07 Å². The van der Waals surface area contributed by atoms with Gasteiger partial charge in [-0.25, -0.2) is 4.39 Å². The molecular formula is C13H15FN2O. The number of nitrogens with one attached hydrogen (secondary N) is 1. The Balaban J connectivity index is 2.15. The highest BCUT2D eigenvalue weighted by molar-refractivity contribution is 6.08. The summed E-state index contributed by atoms with van der Waals surface area (Å²) in [5.74, 6) is -0.316. The smallest absolute Gasteiger partial charge is 0.250 e. The quantitative estimate of drug-likeness (QED) is 0.809. The molecule has 0 radical (unpaired) electrons. The standard InChI is InChI=1S/C13H15FN2O/c1-8(2)16-11-4-3-9(14)7-10(11)15-12(17)13(16)5-6-13/h3-4,7-8H,5-6H2,1-2H3,(H,15,17). The van der Waals surface area contributed by atoms with E-state index >= 15 is 0 Å². The second-order valence-electron chi connectivity index (χ2n) is 5.11. The lowest BCUT2D eigenvalue weighted by atomic mass is 10.0. The largest absolute Gasteiger partial charge is 0.353 e. The van der Waals surface area contributed by atoms with Crippen LogP contribution in [0.1, 0.15) is 26.7 Å². The normalized spacial score (nSPS) is 20.5. The van der Waals surface area contributed by atoms with E-state index in [2.05, 4.69) is 24.1 Å². The molecule has 17 heavy (non-hydrogen) atoms.